The summed E-state index contributed by atoms with van der Waals surface area (Å²) >= 11 is 6.04. The molecule has 0 aromatic heterocycles. The summed E-state index contributed by atoms with van der Waals surface area (Å²) in [4.78, 5) is 32.2. The van der Waals surface area contributed by atoms with Crippen molar-refractivity contribution in [1.82, 2.24) is 5.32 Å². The van der Waals surface area contributed by atoms with Crippen molar-refractivity contribution in [1.29, 1.82) is 0 Å². The van der Waals surface area contributed by atoms with Gasteiger partial charge in [-0.2, -0.15) is 0 Å². The molecule has 0 saturated carbocycles. The summed E-state index contributed by atoms with van der Waals surface area (Å²) in [5.74, 6) is 0.686. The molecule has 1 aliphatic rings. The fourth-order valence-corrected chi connectivity index (χ4v) is 5.11. The van der Waals surface area contributed by atoms with Crippen LogP contribution < -0.4 is 14.8 Å². The minimum atomic E-state index is -1.49. The van der Waals surface area contributed by atoms with Crippen LogP contribution in [-0.2, 0) is 25.5 Å². The second-order valence-corrected chi connectivity index (χ2v) is 12.2. The summed E-state index contributed by atoms with van der Waals surface area (Å²) in [6.07, 6.45) is 0.223. The quantitative estimate of drug-likeness (QED) is 0.169. The lowest BCUT2D eigenvalue weighted by atomic mass is 9.83. The van der Waals surface area contributed by atoms with Crippen molar-refractivity contribution in [2.45, 2.75) is 63.7 Å². The molecular formula is C35H41ClN2O7. The Labute approximate surface area is 269 Å². The van der Waals surface area contributed by atoms with E-state index in [0.29, 0.717) is 53.6 Å². The molecule has 1 heterocycles. The number of nitrogens with one attached hydrogen (secondary N) is 1. The number of hydrogen-bond donors (Lipinski definition) is 2. The molecule has 2 N–H and O–H groups in total. The van der Waals surface area contributed by atoms with Crippen LogP contribution in [0.15, 0.2) is 77.8 Å². The van der Waals surface area contributed by atoms with Crippen LogP contribution in [0.1, 0.15) is 62.8 Å². The minimum absolute atomic E-state index is 0.0432. The van der Waals surface area contributed by atoms with Gasteiger partial charge in [0.05, 0.1) is 13.7 Å². The van der Waals surface area contributed by atoms with Crippen LogP contribution in [-0.4, -0.2) is 60.9 Å². The molecule has 2 atom stereocenters. The Morgan fingerprint density at radius 2 is 1.78 bits per heavy atom. The number of carbonyl (C=O) groups excluding carboxylic acids is 2. The first kappa shape index (κ1) is 33.8. The van der Waals surface area contributed by atoms with E-state index < -0.39 is 23.2 Å². The largest absolute Gasteiger partial charge is 0.497 e. The molecule has 3 aromatic carbocycles. The van der Waals surface area contributed by atoms with E-state index in [1.165, 1.54) is 0 Å². The number of carbonyl (C=O) groups is 2. The van der Waals surface area contributed by atoms with Gasteiger partial charge in [-0.25, -0.2) is 4.99 Å². The molecule has 4 rings (SSSR count). The molecule has 0 spiro atoms. The third-order valence-electron chi connectivity index (χ3n) is 7.17. The zero-order chi connectivity index (χ0) is 32.5. The van der Waals surface area contributed by atoms with Crippen LogP contribution in [0.25, 0.3) is 0 Å². The summed E-state index contributed by atoms with van der Waals surface area (Å²) in [5, 5.41) is 12.7. The van der Waals surface area contributed by atoms with E-state index in [4.69, 9.17) is 40.6 Å². The SMILES string of the molecule is COc1cccc([C@H]2OC(c3ccc(OCCCO)cc3)=N[C@@]2(CCC(=O)OC(C)(C)C)C(=O)NCCc2ccc(Cl)cc2)c1. The van der Waals surface area contributed by atoms with Crippen molar-refractivity contribution in [3.05, 3.63) is 94.5 Å². The lowest BCUT2D eigenvalue weighted by molar-refractivity contribution is -0.155. The number of methoxy groups -OCH3 is 1. The highest BCUT2D eigenvalue weighted by atomic mass is 35.5. The Morgan fingerprint density at radius 1 is 1.04 bits per heavy atom. The van der Waals surface area contributed by atoms with Crippen LogP contribution in [0.5, 0.6) is 11.5 Å². The van der Waals surface area contributed by atoms with Crippen LogP contribution in [0, 0.1) is 0 Å². The van der Waals surface area contributed by atoms with Crippen molar-refractivity contribution < 1.29 is 33.6 Å². The summed E-state index contributed by atoms with van der Waals surface area (Å²) in [5.41, 5.74) is 0.160. The Balaban J connectivity index is 1.69. The van der Waals surface area contributed by atoms with Crippen molar-refractivity contribution in [2.75, 3.05) is 26.9 Å². The van der Waals surface area contributed by atoms with Crippen LogP contribution in [0.2, 0.25) is 5.02 Å². The number of aliphatic hydroxyl groups is 1. The van der Waals surface area contributed by atoms with Crippen molar-refractivity contribution in [3.63, 3.8) is 0 Å². The van der Waals surface area contributed by atoms with Gasteiger partial charge in [0.2, 0.25) is 5.90 Å². The number of aliphatic imine (C=N–C) groups is 1. The van der Waals surface area contributed by atoms with Gasteiger partial charge in [0, 0.05) is 36.6 Å². The molecular weight excluding hydrogens is 596 g/mol. The first-order valence-corrected chi connectivity index (χ1v) is 15.4. The Bertz CT molecular complexity index is 1470. The standard InChI is InChI=1S/C35H41ClN2O7/c1-34(2,3)45-30(40)17-19-35(33(41)37-20-18-24-9-13-27(36)14-10-24)31(26-7-5-8-29(23-26)42-4)44-32(38-35)25-11-15-28(16-12-25)43-22-6-21-39/h5,7-16,23,31,39H,6,17-22H2,1-4H3,(H,37,41)/t31-,35-/m1/s1. The number of ether oxygens (including phenoxy) is 4. The van der Waals surface area contributed by atoms with E-state index >= 15 is 0 Å². The van der Waals surface area contributed by atoms with Gasteiger partial charge < -0.3 is 29.4 Å². The Kier molecular flexibility index (Phi) is 11.5. The minimum Gasteiger partial charge on any atom is -0.497 e. The number of rotatable bonds is 14. The van der Waals surface area contributed by atoms with Crippen molar-refractivity contribution >= 4 is 29.4 Å². The lowest BCUT2D eigenvalue weighted by Gasteiger charge is -2.31. The summed E-state index contributed by atoms with van der Waals surface area (Å²) in [7, 11) is 1.57. The van der Waals surface area contributed by atoms with E-state index in [0.717, 1.165) is 5.56 Å². The zero-order valence-corrected chi connectivity index (χ0v) is 26.9. The summed E-state index contributed by atoms with van der Waals surface area (Å²) < 4.78 is 23.3. The third-order valence-corrected chi connectivity index (χ3v) is 7.42. The molecule has 3 aromatic rings. The van der Waals surface area contributed by atoms with Crippen molar-refractivity contribution in [3.8, 4) is 11.5 Å². The first-order chi connectivity index (χ1) is 21.5. The predicted octanol–water partition coefficient (Wildman–Crippen LogP) is 5.85. The van der Waals surface area contributed by atoms with E-state index in [1.807, 2.05) is 48.5 Å². The van der Waals surface area contributed by atoms with Gasteiger partial charge in [0.25, 0.3) is 5.91 Å². The number of benzene rings is 3. The normalized spacial score (nSPS) is 17.6. The fourth-order valence-electron chi connectivity index (χ4n) is 4.98. The number of halogens is 1. The number of hydrogen-bond acceptors (Lipinski definition) is 8. The summed E-state index contributed by atoms with van der Waals surface area (Å²) in [6.45, 7) is 6.17. The average molecular weight is 637 g/mol. The van der Waals surface area contributed by atoms with Gasteiger partial charge in [-0.05, 0) is 93.3 Å². The monoisotopic (exact) mass is 636 g/mol. The van der Waals surface area contributed by atoms with E-state index in [2.05, 4.69) is 5.32 Å². The number of amides is 1. The molecule has 1 aliphatic heterocycles. The molecule has 0 radical (unpaired) electrons. The molecule has 1 amide bonds. The number of nitrogens with zero attached hydrogens (tertiary/aromatic N) is 1. The maximum Gasteiger partial charge on any atom is 0.306 e. The van der Waals surface area contributed by atoms with Gasteiger partial charge in [0.1, 0.15) is 17.1 Å². The Morgan fingerprint density at radius 3 is 2.44 bits per heavy atom. The molecule has 0 bridgehead atoms. The highest BCUT2D eigenvalue weighted by Crippen LogP contribution is 2.44. The second kappa shape index (κ2) is 15.3. The van der Waals surface area contributed by atoms with Crippen LogP contribution >= 0.6 is 11.6 Å². The number of aliphatic hydroxyl groups excluding tert-OH is 1. The maximum absolute atomic E-state index is 14.3. The predicted molar refractivity (Wildman–Crippen MR) is 173 cm³/mol. The molecule has 0 saturated heterocycles. The molecule has 10 heteroatoms. The van der Waals surface area contributed by atoms with Gasteiger partial charge in [-0.3, -0.25) is 9.59 Å². The van der Waals surface area contributed by atoms with Gasteiger partial charge in [-0.15, -0.1) is 0 Å². The average Bonchev–Trinajstić information content (AvgIpc) is 3.42. The maximum atomic E-state index is 14.3. The van der Waals surface area contributed by atoms with Gasteiger partial charge >= 0.3 is 5.97 Å². The summed E-state index contributed by atoms with van der Waals surface area (Å²) in [6, 6.07) is 21.9. The molecule has 0 aliphatic carbocycles. The molecule has 0 fully saturated rings. The van der Waals surface area contributed by atoms with Crippen LogP contribution in [0.4, 0.5) is 0 Å². The molecule has 45 heavy (non-hydrogen) atoms. The van der Waals surface area contributed by atoms with Gasteiger partial charge in [0.15, 0.2) is 11.6 Å². The third kappa shape index (κ3) is 9.22. The molecule has 240 valence electrons. The molecule has 9 nitrogen and oxygen atoms in total. The second-order valence-electron chi connectivity index (χ2n) is 11.8. The molecule has 0 unspecified atom stereocenters. The van der Waals surface area contributed by atoms with Crippen LogP contribution in [0.3, 0.4) is 0 Å². The van der Waals surface area contributed by atoms with Crippen molar-refractivity contribution in [2.24, 2.45) is 4.99 Å². The fraction of sp³-hybridized carbons (Fsp3) is 0.400. The van der Waals surface area contributed by atoms with Gasteiger partial charge in [-0.1, -0.05) is 35.9 Å². The first-order valence-electron chi connectivity index (χ1n) is 15.0. The lowest BCUT2D eigenvalue weighted by Crippen LogP contribution is -2.49. The highest BCUT2D eigenvalue weighted by Gasteiger charge is 2.53. The van der Waals surface area contributed by atoms with E-state index in [-0.39, 0.29) is 31.3 Å². The topological polar surface area (TPSA) is 116 Å². The van der Waals surface area contributed by atoms with E-state index in [1.54, 1.807) is 52.1 Å². The van der Waals surface area contributed by atoms with E-state index in [9.17, 15) is 9.59 Å². The number of esters is 1. The highest BCUT2D eigenvalue weighted by molar-refractivity contribution is 6.30. The zero-order valence-electron chi connectivity index (χ0n) is 26.2. The smallest absolute Gasteiger partial charge is 0.306 e. The Hall–Kier alpha value is -4.08.